The molecule has 0 saturated heterocycles. The number of carbonyl (C=O) groups is 2. The Morgan fingerprint density at radius 3 is 2.75 bits per heavy atom. The summed E-state index contributed by atoms with van der Waals surface area (Å²) in [7, 11) is 1.34. The third-order valence-electron chi connectivity index (χ3n) is 1.61. The van der Waals surface area contributed by atoms with Crippen LogP contribution in [0.1, 0.15) is 19.3 Å². The minimum atomic E-state index is -0.272. The van der Waals surface area contributed by atoms with Gasteiger partial charge in [0.1, 0.15) is 6.29 Å². The first-order valence-corrected chi connectivity index (χ1v) is 3.87. The van der Waals surface area contributed by atoms with Crippen molar-refractivity contribution in [1.29, 1.82) is 0 Å². The maximum Gasteiger partial charge on any atom is 0.305 e. The van der Waals surface area contributed by atoms with Crippen LogP contribution in [-0.2, 0) is 14.3 Å². The molecule has 68 valence electrons. The van der Waals surface area contributed by atoms with Gasteiger partial charge >= 0.3 is 5.97 Å². The molecule has 12 heavy (non-hydrogen) atoms. The first-order valence-electron chi connectivity index (χ1n) is 3.87. The number of aldehydes is 1. The van der Waals surface area contributed by atoms with Crippen molar-refractivity contribution in [2.75, 3.05) is 7.11 Å². The molecule has 0 rings (SSSR count). The van der Waals surface area contributed by atoms with Gasteiger partial charge in [0, 0.05) is 12.3 Å². The Hall–Kier alpha value is -1.12. The van der Waals surface area contributed by atoms with Crippen LogP contribution < -0.4 is 0 Å². The third kappa shape index (κ3) is 4.66. The van der Waals surface area contributed by atoms with E-state index in [4.69, 9.17) is 0 Å². The third-order valence-corrected chi connectivity index (χ3v) is 1.61. The van der Waals surface area contributed by atoms with Crippen LogP contribution in [0.15, 0.2) is 12.7 Å². The van der Waals surface area contributed by atoms with Gasteiger partial charge < -0.3 is 9.53 Å². The van der Waals surface area contributed by atoms with E-state index >= 15 is 0 Å². The highest BCUT2D eigenvalue weighted by atomic mass is 16.5. The average molecular weight is 170 g/mol. The normalized spacial score (nSPS) is 11.8. The van der Waals surface area contributed by atoms with E-state index in [1.165, 1.54) is 7.11 Å². The molecule has 0 saturated carbocycles. The molecule has 0 unspecified atom stereocenters. The number of ether oxygens (including phenoxy) is 1. The molecule has 0 aromatic carbocycles. The van der Waals surface area contributed by atoms with Crippen LogP contribution in [-0.4, -0.2) is 19.4 Å². The van der Waals surface area contributed by atoms with Crippen LogP contribution in [0.2, 0.25) is 0 Å². The van der Waals surface area contributed by atoms with Crippen LogP contribution in [0.3, 0.4) is 0 Å². The summed E-state index contributed by atoms with van der Waals surface area (Å²) in [4.78, 5) is 21.1. The molecule has 0 amide bonds. The van der Waals surface area contributed by atoms with Crippen molar-refractivity contribution >= 4 is 12.3 Å². The van der Waals surface area contributed by atoms with Crippen molar-refractivity contribution in [3.05, 3.63) is 12.7 Å². The van der Waals surface area contributed by atoms with Gasteiger partial charge in [-0.1, -0.05) is 6.08 Å². The molecule has 0 N–H and O–H groups in total. The number of hydrogen-bond acceptors (Lipinski definition) is 3. The summed E-state index contributed by atoms with van der Waals surface area (Å²) in [6.45, 7) is 3.52. The molecule has 0 aliphatic rings. The Morgan fingerprint density at radius 1 is 1.67 bits per heavy atom. The predicted octanol–water partition coefficient (Wildman–Crippen LogP) is 1.33. The fraction of sp³-hybridized carbons (Fsp3) is 0.556. The largest absolute Gasteiger partial charge is 0.469 e. The zero-order valence-corrected chi connectivity index (χ0v) is 7.29. The minimum absolute atomic E-state index is 0.0957. The van der Waals surface area contributed by atoms with Gasteiger partial charge in [-0.25, -0.2) is 0 Å². The standard InChI is InChI=1S/C9H14O3/c1-3-4-8(7-10)5-6-9(11)12-2/h3,7-8H,1,4-6H2,2H3/t8-/m1/s1. The summed E-state index contributed by atoms with van der Waals surface area (Å²) < 4.78 is 4.44. The first-order chi connectivity index (χ1) is 5.74. The van der Waals surface area contributed by atoms with Crippen molar-refractivity contribution in [2.24, 2.45) is 5.92 Å². The van der Waals surface area contributed by atoms with E-state index in [-0.39, 0.29) is 11.9 Å². The monoisotopic (exact) mass is 170 g/mol. The molecule has 0 aliphatic heterocycles. The Kier molecular flexibility index (Phi) is 5.97. The second kappa shape index (κ2) is 6.58. The van der Waals surface area contributed by atoms with Gasteiger partial charge in [-0.05, 0) is 12.8 Å². The number of methoxy groups -OCH3 is 1. The molecular weight excluding hydrogens is 156 g/mol. The smallest absolute Gasteiger partial charge is 0.305 e. The zero-order valence-electron chi connectivity index (χ0n) is 7.29. The first kappa shape index (κ1) is 10.9. The molecule has 0 spiro atoms. The number of hydrogen-bond donors (Lipinski definition) is 0. The van der Waals surface area contributed by atoms with E-state index < -0.39 is 0 Å². The van der Waals surface area contributed by atoms with Crippen molar-refractivity contribution in [1.82, 2.24) is 0 Å². The fourth-order valence-electron chi connectivity index (χ4n) is 0.861. The molecule has 0 aliphatic carbocycles. The van der Waals surface area contributed by atoms with E-state index in [1.807, 2.05) is 0 Å². The van der Waals surface area contributed by atoms with Crippen LogP contribution >= 0.6 is 0 Å². The molecule has 0 bridgehead atoms. The molecule has 0 aromatic heterocycles. The molecule has 3 heteroatoms. The maximum absolute atomic E-state index is 10.7. The number of esters is 1. The van der Waals surface area contributed by atoms with E-state index in [0.29, 0.717) is 19.3 Å². The quantitative estimate of drug-likeness (QED) is 0.343. The van der Waals surface area contributed by atoms with Crippen LogP contribution in [0.4, 0.5) is 0 Å². The lowest BCUT2D eigenvalue weighted by molar-refractivity contribution is -0.140. The Labute approximate surface area is 72.4 Å². The number of carbonyl (C=O) groups excluding carboxylic acids is 2. The van der Waals surface area contributed by atoms with Crippen LogP contribution in [0.5, 0.6) is 0 Å². The Bertz CT molecular complexity index is 163. The van der Waals surface area contributed by atoms with Crippen molar-refractivity contribution in [3.63, 3.8) is 0 Å². The second-order valence-corrected chi connectivity index (χ2v) is 2.54. The van der Waals surface area contributed by atoms with Gasteiger partial charge in [0.25, 0.3) is 0 Å². The summed E-state index contributed by atoms with van der Waals surface area (Å²) >= 11 is 0. The lowest BCUT2D eigenvalue weighted by Gasteiger charge is -2.04. The highest BCUT2D eigenvalue weighted by molar-refractivity contribution is 5.69. The second-order valence-electron chi connectivity index (χ2n) is 2.54. The van der Waals surface area contributed by atoms with Gasteiger partial charge in [-0.3, -0.25) is 4.79 Å². The summed E-state index contributed by atoms with van der Waals surface area (Å²) in [5.74, 6) is -0.368. The SMILES string of the molecule is C=CC[C@@H](C=O)CCC(=O)OC. The number of rotatable bonds is 6. The molecule has 1 atom stereocenters. The van der Waals surface area contributed by atoms with Crippen LogP contribution in [0.25, 0.3) is 0 Å². The van der Waals surface area contributed by atoms with Gasteiger partial charge in [0.2, 0.25) is 0 Å². The summed E-state index contributed by atoms with van der Waals surface area (Å²) in [6.07, 6.45) is 4.00. The molecule has 0 radical (unpaired) electrons. The molecule has 0 fully saturated rings. The lowest BCUT2D eigenvalue weighted by Crippen LogP contribution is -2.06. The fourth-order valence-corrected chi connectivity index (χ4v) is 0.861. The Balaban J connectivity index is 3.63. The average Bonchev–Trinajstić information content (AvgIpc) is 2.11. The zero-order chi connectivity index (χ0) is 9.40. The van der Waals surface area contributed by atoms with E-state index in [0.717, 1.165) is 6.29 Å². The van der Waals surface area contributed by atoms with Crippen molar-refractivity contribution < 1.29 is 14.3 Å². The summed E-state index contributed by atoms with van der Waals surface area (Å²) in [5, 5.41) is 0. The summed E-state index contributed by atoms with van der Waals surface area (Å²) in [5.41, 5.74) is 0. The highest BCUT2D eigenvalue weighted by Gasteiger charge is 2.08. The highest BCUT2D eigenvalue weighted by Crippen LogP contribution is 2.09. The topological polar surface area (TPSA) is 43.4 Å². The molecule has 0 heterocycles. The summed E-state index contributed by atoms with van der Waals surface area (Å²) in [6, 6.07) is 0. The van der Waals surface area contributed by atoms with E-state index in [9.17, 15) is 9.59 Å². The minimum Gasteiger partial charge on any atom is -0.469 e. The van der Waals surface area contributed by atoms with Gasteiger partial charge in [-0.15, -0.1) is 6.58 Å². The van der Waals surface area contributed by atoms with Gasteiger partial charge in [0.05, 0.1) is 7.11 Å². The molecular formula is C9H14O3. The Morgan fingerprint density at radius 2 is 2.33 bits per heavy atom. The van der Waals surface area contributed by atoms with Crippen molar-refractivity contribution in [3.8, 4) is 0 Å². The predicted molar refractivity (Wildman–Crippen MR) is 45.6 cm³/mol. The van der Waals surface area contributed by atoms with Gasteiger partial charge in [0.15, 0.2) is 0 Å². The number of allylic oxidation sites excluding steroid dienone is 1. The van der Waals surface area contributed by atoms with E-state index in [2.05, 4.69) is 11.3 Å². The molecule has 3 nitrogen and oxygen atoms in total. The van der Waals surface area contributed by atoms with E-state index in [1.54, 1.807) is 6.08 Å². The van der Waals surface area contributed by atoms with Gasteiger partial charge in [-0.2, -0.15) is 0 Å². The van der Waals surface area contributed by atoms with Crippen LogP contribution in [0, 0.1) is 5.92 Å². The maximum atomic E-state index is 10.7. The van der Waals surface area contributed by atoms with Crippen molar-refractivity contribution in [2.45, 2.75) is 19.3 Å². The molecule has 0 aromatic rings. The lowest BCUT2D eigenvalue weighted by atomic mass is 10.0.